The fourth-order valence-corrected chi connectivity index (χ4v) is 2.39. The molecule has 1 aliphatic rings. The zero-order valence-corrected chi connectivity index (χ0v) is 9.42. The van der Waals surface area contributed by atoms with Crippen LogP contribution in [0.5, 0.6) is 5.75 Å². The third kappa shape index (κ3) is 1.86. The normalized spacial score (nSPS) is 19.8. The van der Waals surface area contributed by atoms with Gasteiger partial charge in [0.2, 0.25) is 0 Å². The van der Waals surface area contributed by atoms with Crippen LogP contribution >= 0.6 is 0 Å². The quantitative estimate of drug-likeness (QED) is 0.806. The van der Waals surface area contributed by atoms with Crippen LogP contribution in [0.15, 0.2) is 12.1 Å². The summed E-state index contributed by atoms with van der Waals surface area (Å²) in [6, 6.07) is 4.06. The molecule has 0 radical (unpaired) electrons. The average molecular weight is 206 g/mol. The molecule has 2 nitrogen and oxygen atoms in total. The fraction of sp³-hybridized carbons (Fsp3) is 0.538. The lowest BCUT2D eigenvalue weighted by atomic mass is 9.86. The molecule has 1 aromatic rings. The molecule has 0 bridgehead atoms. The van der Waals surface area contributed by atoms with Gasteiger partial charge in [0.05, 0.1) is 12.7 Å². The number of benzene rings is 1. The largest absolute Gasteiger partial charge is 0.494 e. The first-order valence-electron chi connectivity index (χ1n) is 5.67. The zero-order valence-electron chi connectivity index (χ0n) is 9.42. The maximum Gasteiger partial charge on any atom is 0.122 e. The number of hydrogen-bond donors (Lipinski definition) is 1. The second-order valence-electron chi connectivity index (χ2n) is 4.11. The summed E-state index contributed by atoms with van der Waals surface area (Å²) in [5, 5.41) is 9.98. The van der Waals surface area contributed by atoms with E-state index in [4.69, 9.17) is 4.74 Å². The lowest BCUT2D eigenvalue weighted by molar-refractivity contribution is 0.154. The topological polar surface area (TPSA) is 29.5 Å². The monoisotopic (exact) mass is 206 g/mol. The van der Waals surface area contributed by atoms with E-state index < -0.39 is 0 Å². The molecule has 1 N–H and O–H groups in total. The molecule has 0 aliphatic heterocycles. The Morgan fingerprint density at radius 1 is 1.47 bits per heavy atom. The van der Waals surface area contributed by atoms with Crippen LogP contribution in [0.25, 0.3) is 0 Å². The molecule has 1 aliphatic carbocycles. The minimum Gasteiger partial charge on any atom is -0.494 e. The molecule has 0 spiro atoms. The molecule has 1 unspecified atom stereocenters. The Hall–Kier alpha value is -1.02. The van der Waals surface area contributed by atoms with E-state index in [0.29, 0.717) is 6.61 Å². The molecule has 1 atom stereocenters. The van der Waals surface area contributed by atoms with Gasteiger partial charge in [0.1, 0.15) is 5.75 Å². The van der Waals surface area contributed by atoms with Crippen LogP contribution in [0.3, 0.4) is 0 Å². The number of fused-ring (bicyclic) bond motifs is 1. The maximum absolute atomic E-state index is 9.98. The molecule has 0 amide bonds. The molecule has 0 heterocycles. The van der Waals surface area contributed by atoms with Crippen molar-refractivity contribution < 1.29 is 9.84 Å². The Morgan fingerprint density at radius 3 is 3.00 bits per heavy atom. The standard InChI is InChI=1S/C13H18O2/c1-3-15-12-8-7-9(2)13-10(12)5-4-6-11(13)14/h7-8,11,14H,3-6H2,1-2H3. The van der Waals surface area contributed by atoms with E-state index in [1.165, 1.54) is 11.1 Å². The fourth-order valence-electron chi connectivity index (χ4n) is 2.39. The van der Waals surface area contributed by atoms with E-state index in [1.54, 1.807) is 0 Å². The van der Waals surface area contributed by atoms with Gasteiger partial charge in [-0.2, -0.15) is 0 Å². The van der Waals surface area contributed by atoms with Crippen molar-refractivity contribution in [3.63, 3.8) is 0 Å². The van der Waals surface area contributed by atoms with Crippen LogP contribution in [0.1, 0.15) is 42.6 Å². The highest BCUT2D eigenvalue weighted by atomic mass is 16.5. The summed E-state index contributed by atoms with van der Waals surface area (Å²) in [4.78, 5) is 0. The first kappa shape index (κ1) is 10.5. The number of aliphatic hydroxyl groups is 1. The first-order chi connectivity index (χ1) is 7.24. The lowest BCUT2D eigenvalue weighted by Gasteiger charge is -2.25. The smallest absolute Gasteiger partial charge is 0.122 e. The molecular formula is C13H18O2. The van der Waals surface area contributed by atoms with Gasteiger partial charge in [-0.15, -0.1) is 0 Å². The second-order valence-corrected chi connectivity index (χ2v) is 4.11. The van der Waals surface area contributed by atoms with Crippen LogP contribution < -0.4 is 4.74 Å². The third-order valence-electron chi connectivity index (χ3n) is 3.07. The van der Waals surface area contributed by atoms with Gasteiger partial charge in [-0.05, 0) is 50.3 Å². The van der Waals surface area contributed by atoms with Crippen molar-refractivity contribution in [1.82, 2.24) is 0 Å². The number of aliphatic hydroxyl groups excluding tert-OH is 1. The molecule has 0 saturated heterocycles. The molecule has 0 saturated carbocycles. The Balaban J connectivity index is 2.48. The van der Waals surface area contributed by atoms with Gasteiger partial charge >= 0.3 is 0 Å². The summed E-state index contributed by atoms with van der Waals surface area (Å²) in [5.74, 6) is 0.955. The van der Waals surface area contributed by atoms with Crippen molar-refractivity contribution in [2.75, 3.05) is 6.61 Å². The summed E-state index contributed by atoms with van der Waals surface area (Å²) in [7, 11) is 0. The van der Waals surface area contributed by atoms with E-state index in [2.05, 4.69) is 6.92 Å². The van der Waals surface area contributed by atoms with Gasteiger partial charge in [0.15, 0.2) is 0 Å². The van der Waals surface area contributed by atoms with Crippen LogP contribution in [0.4, 0.5) is 0 Å². The summed E-state index contributed by atoms with van der Waals surface area (Å²) < 4.78 is 5.60. The number of aryl methyl sites for hydroxylation is 1. The SMILES string of the molecule is CCOc1ccc(C)c2c1CCCC2O. The molecule has 82 valence electrons. The van der Waals surface area contributed by atoms with Gasteiger partial charge in [-0.25, -0.2) is 0 Å². The van der Waals surface area contributed by atoms with Crippen molar-refractivity contribution in [2.45, 2.75) is 39.2 Å². The third-order valence-corrected chi connectivity index (χ3v) is 3.07. The molecule has 2 rings (SSSR count). The number of ether oxygens (including phenoxy) is 1. The predicted molar refractivity (Wildman–Crippen MR) is 60.2 cm³/mol. The van der Waals surface area contributed by atoms with E-state index >= 15 is 0 Å². The van der Waals surface area contributed by atoms with Gasteiger partial charge in [-0.1, -0.05) is 6.07 Å². The minimum absolute atomic E-state index is 0.297. The second kappa shape index (κ2) is 4.23. The van der Waals surface area contributed by atoms with Crippen molar-refractivity contribution in [2.24, 2.45) is 0 Å². The molecule has 0 fully saturated rings. The van der Waals surface area contributed by atoms with Gasteiger partial charge in [-0.3, -0.25) is 0 Å². The Labute approximate surface area is 90.9 Å². The molecule has 15 heavy (non-hydrogen) atoms. The highest BCUT2D eigenvalue weighted by Crippen LogP contribution is 2.37. The van der Waals surface area contributed by atoms with Crippen LogP contribution in [0.2, 0.25) is 0 Å². The molecular weight excluding hydrogens is 188 g/mol. The van der Waals surface area contributed by atoms with Crippen LogP contribution in [-0.4, -0.2) is 11.7 Å². The van der Waals surface area contributed by atoms with E-state index in [-0.39, 0.29) is 6.10 Å². The molecule has 0 aromatic heterocycles. The predicted octanol–water partition coefficient (Wildman–Crippen LogP) is 2.76. The molecule has 2 heteroatoms. The zero-order chi connectivity index (χ0) is 10.8. The Bertz CT molecular complexity index is 358. The van der Waals surface area contributed by atoms with Crippen molar-refractivity contribution >= 4 is 0 Å². The lowest BCUT2D eigenvalue weighted by Crippen LogP contribution is -2.12. The van der Waals surface area contributed by atoms with Crippen molar-refractivity contribution in [3.05, 3.63) is 28.8 Å². The van der Waals surface area contributed by atoms with Crippen molar-refractivity contribution in [1.29, 1.82) is 0 Å². The molecule has 1 aromatic carbocycles. The van der Waals surface area contributed by atoms with Gasteiger partial charge in [0, 0.05) is 5.56 Å². The van der Waals surface area contributed by atoms with Gasteiger partial charge in [0.25, 0.3) is 0 Å². The Morgan fingerprint density at radius 2 is 2.27 bits per heavy atom. The average Bonchev–Trinajstić information content (AvgIpc) is 2.22. The number of rotatable bonds is 2. The minimum atomic E-state index is -0.297. The summed E-state index contributed by atoms with van der Waals surface area (Å²) in [6.07, 6.45) is 2.67. The summed E-state index contributed by atoms with van der Waals surface area (Å²) >= 11 is 0. The number of hydrogen-bond acceptors (Lipinski definition) is 2. The van der Waals surface area contributed by atoms with Crippen molar-refractivity contribution in [3.8, 4) is 5.75 Å². The van der Waals surface area contributed by atoms with Crippen LogP contribution in [0, 0.1) is 6.92 Å². The maximum atomic E-state index is 9.98. The van der Waals surface area contributed by atoms with E-state index in [0.717, 1.165) is 30.6 Å². The highest BCUT2D eigenvalue weighted by Gasteiger charge is 2.22. The van der Waals surface area contributed by atoms with Crippen LogP contribution in [-0.2, 0) is 6.42 Å². The summed E-state index contributed by atoms with van der Waals surface area (Å²) in [5.41, 5.74) is 3.50. The van der Waals surface area contributed by atoms with E-state index in [9.17, 15) is 5.11 Å². The Kier molecular flexibility index (Phi) is 2.96. The first-order valence-corrected chi connectivity index (χ1v) is 5.67. The summed E-state index contributed by atoms with van der Waals surface area (Å²) in [6.45, 7) is 4.74. The van der Waals surface area contributed by atoms with Gasteiger partial charge < -0.3 is 9.84 Å². The highest BCUT2D eigenvalue weighted by molar-refractivity contribution is 5.47. The van der Waals surface area contributed by atoms with E-state index in [1.807, 2.05) is 19.1 Å².